The summed E-state index contributed by atoms with van der Waals surface area (Å²) in [6.45, 7) is 2.22. The van der Waals surface area contributed by atoms with Crippen molar-refractivity contribution in [2.45, 2.75) is 24.7 Å². The molecule has 2 N–H and O–H groups in total. The molecule has 0 saturated heterocycles. The number of unbranched alkanes of at least 4 members (excludes halogenated alkanes) is 1. The van der Waals surface area contributed by atoms with Crippen molar-refractivity contribution in [1.29, 1.82) is 0 Å². The van der Waals surface area contributed by atoms with Gasteiger partial charge in [0.2, 0.25) is 15.9 Å². The molecule has 1 amide bonds. The maximum atomic E-state index is 11.9. The second-order valence-corrected chi connectivity index (χ2v) is 6.69. The van der Waals surface area contributed by atoms with Crippen LogP contribution in [0, 0.1) is 0 Å². The molecule has 1 rings (SSSR count). The highest BCUT2D eigenvalue weighted by atomic mass is 35.5. The molecule has 0 heterocycles. The molecule has 0 fully saturated rings. The van der Waals surface area contributed by atoms with Crippen LogP contribution in [0.2, 0.25) is 10.0 Å². The van der Waals surface area contributed by atoms with Crippen molar-refractivity contribution in [3.63, 3.8) is 0 Å². The molecule has 0 bridgehead atoms. The normalized spacial score (nSPS) is 11.3. The topological polar surface area (TPSA) is 75.3 Å². The van der Waals surface area contributed by atoms with Crippen LogP contribution >= 0.6 is 23.2 Å². The number of nitrogens with one attached hydrogen (secondary N) is 2. The van der Waals surface area contributed by atoms with Crippen molar-refractivity contribution < 1.29 is 13.2 Å². The van der Waals surface area contributed by atoms with Crippen LogP contribution in [0.25, 0.3) is 0 Å². The number of sulfonamides is 1. The molecule has 0 saturated carbocycles. The van der Waals surface area contributed by atoms with Gasteiger partial charge >= 0.3 is 0 Å². The van der Waals surface area contributed by atoms with E-state index < -0.39 is 10.0 Å². The van der Waals surface area contributed by atoms with E-state index in [-0.39, 0.29) is 27.4 Å². The van der Waals surface area contributed by atoms with Crippen LogP contribution in [0.4, 0.5) is 0 Å². The quantitative estimate of drug-likeness (QED) is 0.748. The van der Waals surface area contributed by atoms with E-state index in [1.54, 1.807) is 0 Å². The maximum Gasteiger partial charge on any atom is 0.241 e. The highest BCUT2D eigenvalue weighted by Crippen LogP contribution is 2.24. The van der Waals surface area contributed by atoms with Gasteiger partial charge in [-0.15, -0.1) is 0 Å². The first-order valence-electron chi connectivity index (χ1n) is 6.08. The van der Waals surface area contributed by atoms with Crippen molar-refractivity contribution in [3.05, 3.63) is 28.2 Å². The lowest BCUT2D eigenvalue weighted by atomic mass is 10.3. The number of amides is 1. The first-order valence-corrected chi connectivity index (χ1v) is 8.32. The lowest BCUT2D eigenvalue weighted by molar-refractivity contribution is -0.119. The Bertz CT molecular complexity index is 576. The Balaban J connectivity index is 2.61. The van der Waals surface area contributed by atoms with Crippen molar-refractivity contribution in [3.8, 4) is 0 Å². The molecule has 0 aliphatic rings. The van der Waals surface area contributed by atoms with E-state index in [2.05, 4.69) is 10.0 Å². The van der Waals surface area contributed by atoms with Gasteiger partial charge in [-0.25, -0.2) is 13.1 Å². The van der Waals surface area contributed by atoms with E-state index in [9.17, 15) is 13.2 Å². The van der Waals surface area contributed by atoms with Gasteiger partial charge in [0, 0.05) is 6.54 Å². The van der Waals surface area contributed by atoms with Crippen LogP contribution in [0.1, 0.15) is 19.8 Å². The summed E-state index contributed by atoms with van der Waals surface area (Å²) in [4.78, 5) is 11.4. The largest absolute Gasteiger partial charge is 0.355 e. The molecule has 1 aromatic rings. The summed E-state index contributed by atoms with van der Waals surface area (Å²) in [7, 11) is -3.78. The van der Waals surface area contributed by atoms with Crippen LogP contribution in [-0.2, 0) is 14.8 Å². The minimum atomic E-state index is -3.78. The Morgan fingerprint density at radius 1 is 1.25 bits per heavy atom. The fourth-order valence-corrected chi connectivity index (χ4v) is 2.73. The summed E-state index contributed by atoms with van der Waals surface area (Å²) in [5, 5.41) is 3.02. The van der Waals surface area contributed by atoms with Gasteiger partial charge in [-0.1, -0.05) is 36.5 Å². The molecule has 5 nitrogen and oxygen atoms in total. The number of hydrogen-bond donors (Lipinski definition) is 2. The lowest BCUT2D eigenvalue weighted by Gasteiger charge is -2.08. The molecule has 20 heavy (non-hydrogen) atoms. The average Bonchev–Trinajstić information content (AvgIpc) is 2.40. The summed E-state index contributed by atoms with van der Waals surface area (Å²) in [5.41, 5.74) is 0. The van der Waals surface area contributed by atoms with E-state index in [0.717, 1.165) is 12.8 Å². The standard InChI is InChI=1S/C12H16Cl2N2O3S/c1-2-3-6-15-12(17)8-16-20(18,19)9-4-5-10(13)11(14)7-9/h4-5,7,16H,2-3,6,8H2,1H3,(H,15,17). The van der Waals surface area contributed by atoms with Crippen LogP contribution in [0.5, 0.6) is 0 Å². The third-order valence-electron chi connectivity index (χ3n) is 2.48. The molecule has 0 radical (unpaired) electrons. The Labute approximate surface area is 128 Å². The zero-order valence-corrected chi connectivity index (χ0v) is 13.3. The highest BCUT2D eigenvalue weighted by molar-refractivity contribution is 7.89. The number of carbonyl (C=O) groups excluding carboxylic acids is 1. The van der Waals surface area contributed by atoms with E-state index in [0.29, 0.717) is 6.54 Å². The molecule has 0 aliphatic heterocycles. The van der Waals surface area contributed by atoms with Crippen LogP contribution < -0.4 is 10.0 Å². The molecule has 0 spiro atoms. The molecule has 0 unspecified atom stereocenters. The van der Waals surface area contributed by atoms with Gasteiger partial charge in [-0.2, -0.15) is 0 Å². The molecule has 0 aromatic heterocycles. The summed E-state index contributed by atoms with van der Waals surface area (Å²) >= 11 is 11.5. The summed E-state index contributed by atoms with van der Waals surface area (Å²) in [6.07, 6.45) is 1.81. The van der Waals surface area contributed by atoms with Gasteiger partial charge in [0.05, 0.1) is 21.5 Å². The van der Waals surface area contributed by atoms with E-state index in [1.807, 2.05) is 6.92 Å². The lowest BCUT2D eigenvalue weighted by Crippen LogP contribution is -2.37. The van der Waals surface area contributed by atoms with Crippen LogP contribution in [0.15, 0.2) is 23.1 Å². The smallest absolute Gasteiger partial charge is 0.241 e. The summed E-state index contributed by atoms with van der Waals surface area (Å²) < 4.78 is 26.1. The average molecular weight is 339 g/mol. The summed E-state index contributed by atoms with van der Waals surface area (Å²) in [6, 6.07) is 3.95. The Morgan fingerprint density at radius 2 is 1.95 bits per heavy atom. The number of rotatable bonds is 7. The van der Waals surface area contributed by atoms with Gasteiger partial charge in [0.1, 0.15) is 0 Å². The minimum absolute atomic E-state index is 0.0340. The highest BCUT2D eigenvalue weighted by Gasteiger charge is 2.16. The molecule has 8 heteroatoms. The molecule has 0 aliphatic carbocycles. The predicted octanol–water partition coefficient (Wildman–Crippen LogP) is 2.19. The van der Waals surface area contributed by atoms with E-state index in [4.69, 9.17) is 23.2 Å². The number of carbonyl (C=O) groups is 1. The van der Waals surface area contributed by atoms with Crippen molar-refractivity contribution in [2.75, 3.05) is 13.1 Å². The molecule has 112 valence electrons. The van der Waals surface area contributed by atoms with Gasteiger partial charge in [-0.05, 0) is 24.6 Å². The zero-order valence-electron chi connectivity index (χ0n) is 10.9. The van der Waals surface area contributed by atoms with Crippen molar-refractivity contribution in [1.82, 2.24) is 10.0 Å². The van der Waals surface area contributed by atoms with E-state index in [1.165, 1.54) is 18.2 Å². The van der Waals surface area contributed by atoms with Crippen LogP contribution in [0.3, 0.4) is 0 Å². The number of halogens is 2. The van der Waals surface area contributed by atoms with Gasteiger partial charge in [0.25, 0.3) is 0 Å². The first-order chi connectivity index (χ1) is 9.36. The van der Waals surface area contributed by atoms with Gasteiger partial charge in [-0.3, -0.25) is 4.79 Å². The SMILES string of the molecule is CCCCNC(=O)CNS(=O)(=O)c1ccc(Cl)c(Cl)c1. The summed E-state index contributed by atoms with van der Waals surface area (Å²) in [5.74, 6) is -0.373. The molecular weight excluding hydrogens is 323 g/mol. The predicted molar refractivity (Wildman–Crippen MR) is 79.6 cm³/mol. The van der Waals surface area contributed by atoms with E-state index >= 15 is 0 Å². The first kappa shape index (κ1) is 17.2. The fraction of sp³-hybridized carbons (Fsp3) is 0.417. The van der Waals surface area contributed by atoms with Crippen molar-refractivity contribution >= 4 is 39.1 Å². The monoisotopic (exact) mass is 338 g/mol. The third-order valence-corrected chi connectivity index (χ3v) is 4.61. The fourth-order valence-electron chi connectivity index (χ4n) is 1.35. The number of hydrogen-bond acceptors (Lipinski definition) is 3. The third kappa shape index (κ3) is 5.28. The Morgan fingerprint density at radius 3 is 2.55 bits per heavy atom. The van der Waals surface area contributed by atoms with Gasteiger partial charge in [0.15, 0.2) is 0 Å². The van der Waals surface area contributed by atoms with Gasteiger partial charge < -0.3 is 5.32 Å². The maximum absolute atomic E-state index is 11.9. The second-order valence-electron chi connectivity index (χ2n) is 4.10. The Kier molecular flexibility index (Phi) is 6.75. The molecule has 0 atom stereocenters. The van der Waals surface area contributed by atoms with Crippen molar-refractivity contribution in [2.24, 2.45) is 0 Å². The number of benzene rings is 1. The molecular formula is C12H16Cl2N2O3S. The van der Waals surface area contributed by atoms with Crippen LogP contribution in [-0.4, -0.2) is 27.4 Å². The Hall–Kier alpha value is -0.820. The zero-order chi connectivity index (χ0) is 15.2. The second kappa shape index (κ2) is 7.83. The minimum Gasteiger partial charge on any atom is -0.355 e. The molecule has 1 aromatic carbocycles.